The van der Waals surface area contributed by atoms with Crippen LogP contribution in [-0.2, 0) is 0 Å². The van der Waals surface area contributed by atoms with Gasteiger partial charge in [-0.05, 0) is 12.2 Å². The summed E-state index contributed by atoms with van der Waals surface area (Å²) in [6, 6.07) is -0.0264. The number of nitrogens with zero attached hydrogens (tertiary/aromatic N) is 2. The van der Waals surface area contributed by atoms with E-state index >= 15 is 0 Å². The highest BCUT2D eigenvalue weighted by molar-refractivity contribution is 7.80. The number of thiocarbonyl (C=S) groups is 1. The number of likely N-dealkylation sites (N-methyl/N-ethyl adjacent to an activating group) is 2. The molecule has 0 bridgehead atoms. The van der Waals surface area contributed by atoms with Crippen LogP contribution in [0.15, 0.2) is 0 Å². The van der Waals surface area contributed by atoms with Crippen LogP contribution < -0.4 is 16.2 Å². The van der Waals surface area contributed by atoms with E-state index in [0.717, 1.165) is 0 Å². The minimum atomic E-state index is -0.0914. The topological polar surface area (TPSA) is 59.6 Å². The number of urea groups is 1. The molecule has 2 amide bonds. The van der Waals surface area contributed by atoms with Gasteiger partial charge in [0.05, 0.1) is 0 Å². The van der Waals surface area contributed by atoms with Crippen molar-refractivity contribution in [3.05, 3.63) is 0 Å². The zero-order valence-electron chi connectivity index (χ0n) is 7.37. The second-order valence-corrected chi connectivity index (χ2v) is 3.55. The van der Waals surface area contributed by atoms with Crippen LogP contribution in [0.5, 0.6) is 0 Å². The van der Waals surface area contributed by atoms with Gasteiger partial charge < -0.3 is 15.1 Å². The lowest BCUT2D eigenvalue weighted by molar-refractivity contribution is 0.196. The molecule has 2 rings (SSSR count). The maximum Gasteiger partial charge on any atom is 0.322 e. The molecule has 0 aromatic rings. The van der Waals surface area contributed by atoms with E-state index in [9.17, 15) is 4.79 Å². The minimum Gasteiger partial charge on any atom is -0.338 e. The van der Waals surface area contributed by atoms with Gasteiger partial charge in [-0.2, -0.15) is 0 Å². The Labute approximate surface area is 81.2 Å². The number of amides is 2. The Balaban J connectivity index is 2.22. The minimum absolute atomic E-state index is 0.0264. The molecule has 3 N–H and O–H groups in total. The molecule has 2 atom stereocenters. The molecule has 0 aliphatic carbocycles. The van der Waals surface area contributed by atoms with Gasteiger partial charge in [0.2, 0.25) is 0 Å². The highest BCUT2D eigenvalue weighted by atomic mass is 32.1. The monoisotopic (exact) mass is 201 g/mol. The lowest BCUT2D eigenvalue weighted by Crippen LogP contribution is -2.67. The average molecular weight is 201 g/mol. The van der Waals surface area contributed by atoms with Crippen LogP contribution in [0.4, 0.5) is 4.79 Å². The van der Waals surface area contributed by atoms with E-state index in [1.807, 2.05) is 0 Å². The smallest absolute Gasteiger partial charge is 0.322 e. The van der Waals surface area contributed by atoms with Crippen LogP contribution in [0.25, 0.3) is 0 Å². The molecule has 0 aromatic heterocycles. The molecule has 0 aromatic carbocycles. The first-order chi connectivity index (χ1) is 6.11. The van der Waals surface area contributed by atoms with Crippen molar-refractivity contribution in [3.63, 3.8) is 0 Å². The molecule has 2 heterocycles. The fourth-order valence-corrected chi connectivity index (χ4v) is 1.75. The van der Waals surface area contributed by atoms with E-state index in [0.29, 0.717) is 5.11 Å². The zero-order valence-corrected chi connectivity index (χ0v) is 8.18. The van der Waals surface area contributed by atoms with Crippen LogP contribution in [-0.4, -0.2) is 47.4 Å². The third-order valence-electron chi connectivity index (χ3n) is 2.35. The van der Waals surface area contributed by atoms with Crippen LogP contribution in [0.3, 0.4) is 0 Å². The lowest BCUT2D eigenvalue weighted by atomic mass is 10.3. The van der Waals surface area contributed by atoms with Crippen molar-refractivity contribution in [3.8, 4) is 0 Å². The molecule has 0 unspecified atom stereocenters. The molecular formula is C6H11N5OS. The van der Waals surface area contributed by atoms with Gasteiger partial charge in [0.25, 0.3) is 0 Å². The van der Waals surface area contributed by atoms with Crippen molar-refractivity contribution in [1.29, 1.82) is 0 Å². The third kappa shape index (κ3) is 1.11. The Kier molecular flexibility index (Phi) is 1.77. The fourth-order valence-electron chi connectivity index (χ4n) is 1.57. The van der Waals surface area contributed by atoms with E-state index in [2.05, 4.69) is 16.2 Å². The summed E-state index contributed by atoms with van der Waals surface area (Å²) in [6.07, 6.45) is -0.171. The van der Waals surface area contributed by atoms with Crippen LogP contribution >= 0.6 is 12.2 Å². The van der Waals surface area contributed by atoms with E-state index in [1.54, 1.807) is 23.9 Å². The molecule has 2 fully saturated rings. The summed E-state index contributed by atoms with van der Waals surface area (Å²) >= 11 is 4.92. The largest absolute Gasteiger partial charge is 0.338 e. The molecule has 72 valence electrons. The molecular weight excluding hydrogens is 190 g/mol. The number of hydrazine groups is 1. The summed E-state index contributed by atoms with van der Waals surface area (Å²) in [7, 11) is 3.49. The summed E-state index contributed by atoms with van der Waals surface area (Å²) < 4.78 is 0. The van der Waals surface area contributed by atoms with E-state index in [-0.39, 0.29) is 18.4 Å². The van der Waals surface area contributed by atoms with Gasteiger partial charge >= 0.3 is 6.03 Å². The number of carbonyl (C=O) groups excluding carboxylic acids is 1. The van der Waals surface area contributed by atoms with Gasteiger partial charge in [-0.1, -0.05) is 0 Å². The number of rotatable bonds is 0. The van der Waals surface area contributed by atoms with Crippen molar-refractivity contribution < 1.29 is 4.79 Å². The third-order valence-corrected chi connectivity index (χ3v) is 2.57. The van der Waals surface area contributed by atoms with Gasteiger partial charge in [-0.3, -0.25) is 5.43 Å². The first kappa shape index (κ1) is 8.52. The number of hydrogen-bond donors (Lipinski definition) is 3. The van der Waals surface area contributed by atoms with Crippen LogP contribution in [0.2, 0.25) is 0 Å². The predicted molar refractivity (Wildman–Crippen MR) is 50.5 cm³/mol. The molecule has 6 nitrogen and oxygen atoms in total. The van der Waals surface area contributed by atoms with Crippen molar-refractivity contribution in [1.82, 2.24) is 26.0 Å². The molecule has 2 saturated heterocycles. The molecule has 2 aliphatic heterocycles. The summed E-state index contributed by atoms with van der Waals surface area (Å²) in [5, 5.41) is 3.52. The Morgan fingerprint density at radius 3 is 2.62 bits per heavy atom. The maximum atomic E-state index is 11.5. The summed E-state index contributed by atoms with van der Waals surface area (Å²) in [6.45, 7) is 0. The normalized spacial score (nSPS) is 32.8. The van der Waals surface area contributed by atoms with Crippen molar-refractivity contribution in [2.75, 3.05) is 14.1 Å². The van der Waals surface area contributed by atoms with Crippen molar-refractivity contribution in [2.45, 2.75) is 12.3 Å². The molecule has 2 aliphatic rings. The number of carbonyl (C=O) groups is 1. The summed E-state index contributed by atoms with van der Waals surface area (Å²) in [5.74, 6) is 0. The molecule has 0 saturated carbocycles. The van der Waals surface area contributed by atoms with Gasteiger partial charge in [-0.25, -0.2) is 10.2 Å². The predicted octanol–water partition coefficient (Wildman–Crippen LogP) is -1.38. The highest BCUT2D eigenvalue weighted by Gasteiger charge is 2.44. The Morgan fingerprint density at radius 1 is 1.31 bits per heavy atom. The van der Waals surface area contributed by atoms with Gasteiger partial charge in [0.15, 0.2) is 5.11 Å². The molecule has 7 heteroatoms. The number of nitrogens with one attached hydrogen (secondary N) is 3. The van der Waals surface area contributed by atoms with E-state index in [1.165, 1.54) is 0 Å². The van der Waals surface area contributed by atoms with Crippen molar-refractivity contribution >= 4 is 23.4 Å². The average Bonchev–Trinajstić information content (AvgIpc) is 2.32. The zero-order chi connectivity index (χ0) is 9.59. The molecule has 0 radical (unpaired) electrons. The summed E-state index contributed by atoms with van der Waals surface area (Å²) in [4.78, 5) is 14.7. The van der Waals surface area contributed by atoms with Crippen LogP contribution in [0, 0.1) is 0 Å². The Morgan fingerprint density at radius 2 is 1.92 bits per heavy atom. The Hall–Kier alpha value is -1.08. The van der Waals surface area contributed by atoms with E-state index < -0.39 is 0 Å². The molecule has 0 spiro atoms. The fraction of sp³-hybridized carbons (Fsp3) is 0.667. The van der Waals surface area contributed by atoms with E-state index in [4.69, 9.17) is 12.2 Å². The van der Waals surface area contributed by atoms with Crippen molar-refractivity contribution in [2.24, 2.45) is 0 Å². The lowest BCUT2D eigenvalue weighted by Gasteiger charge is -2.33. The Bertz CT molecular complexity index is 270. The SMILES string of the molecule is CN1C(=O)N(C)[C@H]2NC(=S)NN[C@@H]21. The summed E-state index contributed by atoms with van der Waals surface area (Å²) in [5.41, 5.74) is 5.73. The quantitative estimate of drug-likeness (QED) is 0.422. The second kappa shape index (κ2) is 2.71. The number of fused-ring (bicyclic) bond motifs is 1. The molecule has 13 heavy (non-hydrogen) atoms. The standard InChI is InChI=1S/C6H11N5OS/c1-10-3-4(11(2)6(10)12)8-9-5(13)7-3/h3-4,8H,1-2H3,(H2,7,9,13)/t3-,4-/m1/s1. The number of hydrogen-bond acceptors (Lipinski definition) is 3. The second-order valence-electron chi connectivity index (χ2n) is 3.14. The first-order valence-corrected chi connectivity index (χ1v) is 4.34. The van der Waals surface area contributed by atoms with Gasteiger partial charge in [0, 0.05) is 14.1 Å². The van der Waals surface area contributed by atoms with Gasteiger partial charge in [0.1, 0.15) is 12.3 Å². The highest BCUT2D eigenvalue weighted by Crippen LogP contribution is 2.16. The maximum absolute atomic E-state index is 11.5. The first-order valence-electron chi connectivity index (χ1n) is 3.93. The van der Waals surface area contributed by atoms with Gasteiger partial charge in [-0.15, -0.1) is 0 Å². The van der Waals surface area contributed by atoms with Crippen LogP contribution in [0.1, 0.15) is 0 Å².